The molecule has 26 heavy (non-hydrogen) atoms. The number of sulfonamides is 1. The third kappa shape index (κ3) is 3.98. The zero-order valence-electron chi connectivity index (χ0n) is 15.6. The standard InChI is InChI=1S/C19H28N2O4S/c1-4-25-17-9-7-16(8-10-17)21(26(3,23)24)13(2)19(22)20-18-12-14-5-6-15(18)11-14/h7-10,13-15,18H,4-6,11-12H2,1-3H3,(H,20,22)/t13-,14-,15+,18+/m1/s1. The lowest BCUT2D eigenvalue weighted by Crippen LogP contribution is -2.51. The Morgan fingerprint density at radius 2 is 1.96 bits per heavy atom. The summed E-state index contributed by atoms with van der Waals surface area (Å²) in [6.07, 6.45) is 5.76. The van der Waals surface area contributed by atoms with Gasteiger partial charge in [-0.05, 0) is 69.2 Å². The molecule has 4 atom stereocenters. The second kappa shape index (κ2) is 7.47. The Kier molecular flexibility index (Phi) is 5.46. The fourth-order valence-corrected chi connectivity index (χ4v) is 5.56. The molecule has 2 bridgehead atoms. The summed E-state index contributed by atoms with van der Waals surface area (Å²) < 4.78 is 31.3. The van der Waals surface area contributed by atoms with E-state index in [2.05, 4.69) is 5.32 Å². The van der Waals surface area contributed by atoms with Gasteiger partial charge in [-0.25, -0.2) is 8.42 Å². The van der Waals surface area contributed by atoms with E-state index < -0.39 is 16.1 Å². The van der Waals surface area contributed by atoms with Crippen LogP contribution in [0.4, 0.5) is 5.69 Å². The molecule has 1 N–H and O–H groups in total. The number of nitrogens with zero attached hydrogens (tertiary/aromatic N) is 1. The number of anilines is 1. The van der Waals surface area contributed by atoms with E-state index in [-0.39, 0.29) is 11.9 Å². The molecule has 0 saturated heterocycles. The minimum Gasteiger partial charge on any atom is -0.494 e. The molecule has 1 aromatic carbocycles. The molecule has 7 heteroatoms. The Labute approximate surface area is 156 Å². The van der Waals surface area contributed by atoms with Crippen molar-refractivity contribution in [3.63, 3.8) is 0 Å². The maximum absolute atomic E-state index is 12.8. The molecule has 0 spiro atoms. The van der Waals surface area contributed by atoms with Gasteiger partial charge in [0.15, 0.2) is 0 Å². The lowest BCUT2D eigenvalue weighted by Gasteiger charge is -2.31. The second-order valence-corrected chi connectivity index (χ2v) is 9.31. The number of amides is 1. The van der Waals surface area contributed by atoms with Crippen molar-refractivity contribution >= 4 is 21.6 Å². The number of hydrogen-bond acceptors (Lipinski definition) is 4. The van der Waals surface area contributed by atoms with Crippen LogP contribution in [0.1, 0.15) is 39.5 Å². The van der Waals surface area contributed by atoms with Crippen LogP contribution in [-0.2, 0) is 14.8 Å². The smallest absolute Gasteiger partial charge is 0.243 e. The molecule has 2 aliphatic carbocycles. The zero-order valence-corrected chi connectivity index (χ0v) is 16.5. The Balaban J connectivity index is 1.75. The van der Waals surface area contributed by atoms with E-state index in [1.54, 1.807) is 31.2 Å². The Morgan fingerprint density at radius 1 is 1.27 bits per heavy atom. The Bertz CT molecular complexity index is 747. The Hall–Kier alpha value is -1.76. The van der Waals surface area contributed by atoms with Crippen molar-refractivity contribution in [2.45, 2.75) is 51.6 Å². The molecule has 6 nitrogen and oxygen atoms in total. The molecule has 0 heterocycles. The first kappa shape index (κ1) is 19.0. The van der Waals surface area contributed by atoms with Gasteiger partial charge in [0.1, 0.15) is 11.8 Å². The lowest BCUT2D eigenvalue weighted by molar-refractivity contribution is -0.122. The first-order chi connectivity index (χ1) is 12.3. The minimum absolute atomic E-state index is 0.186. The molecule has 0 unspecified atom stereocenters. The van der Waals surface area contributed by atoms with Gasteiger partial charge in [0, 0.05) is 6.04 Å². The summed E-state index contributed by atoms with van der Waals surface area (Å²) in [5.41, 5.74) is 0.464. The molecule has 0 aromatic heterocycles. The zero-order chi connectivity index (χ0) is 18.9. The van der Waals surface area contributed by atoms with Crippen molar-refractivity contribution in [2.75, 3.05) is 17.2 Å². The predicted molar refractivity (Wildman–Crippen MR) is 102 cm³/mol. The second-order valence-electron chi connectivity index (χ2n) is 7.45. The van der Waals surface area contributed by atoms with Crippen LogP contribution in [0.3, 0.4) is 0 Å². The molecule has 3 rings (SSSR count). The van der Waals surface area contributed by atoms with Crippen molar-refractivity contribution in [2.24, 2.45) is 11.8 Å². The van der Waals surface area contributed by atoms with Gasteiger partial charge >= 0.3 is 0 Å². The number of rotatable bonds is 7. The molecule has 0 radical (unpaired) electrons. The van der Waals surface area contributed by atoms with Gasteiger partial charge in [-0.3, -0.25) is 9.10 Å². The van der Waals surface area contributed by atoms with Crippen LogP contribution in [0.5, 0.6) is 5.75 Å². The van der Waals surface area contributed by atoms with E-state index in [1.165, 1.54) is 23.6 Å². The first-order valence-electron chi connectivity index (χ1n) is 9.32. The SMILES string of the molecule is CCOc1ccc(N([C@H](C)C(=O)N[C@H]2C[C@@H]3CC[C@H]2C3)S(C)(=O)=O)cc1. The minimum atomic E-state index is -3.60. The molecule has 2 fully saturated rings. The highest BCUT2D eigenvalue weighted by Crippen LogP contribution is 2.44. The molecule has 2 saturated carbocycles. The van der Waals surface area contributed by atoms with Crippen LogP contribution in [0.2, 0.25) is 0 Å². The van der Waals surface area contributed by atoms with Gasteiger partial charge in [-0.15, -0.1) is 0 Å². The third-order valence-corrected chi connectivity index (χ3v) is 6.80. The monoisotopic (exact) mass is 380 g/mol. The van der Waals surface area contributed by atoms with Gasteiger partial charge in [0.05, 0.1) is 18.6 Å². The summed E-state index contributed by atoms with van der Waals surface area (Å²) >= 11 is 0. The summed E-state index contributed by atoms with van der Waals surface area (Å²) in [6, 6.07) is 6.17. The van der Waals surface area contributed by atoms with Crippen LogP contribution in [0.25, 0.3) is 0 Å². The lowest BCUT2D eigenvalue weighted by atomic mass is 9.95. The van der Waals surface area contributed by atoms with E-state index in [0.717, 1.165) is 18.6 Å². The molecule has 144 valence electrons. The van der Waals surface area contributed by atoms with Crippen LogP contribution >= 0.6 is 0 Å². The van der Waals surface area contributed by atoms with Gasteiger partial charge in [0.25, 0.3) is 0 Å². The highest BCUT2D eigenvalue weighted by molar-refractivity contribution is 7.92. The van der Waals surface area contributed by atoms with E-state index in [0.29, 0.717) is 24.0 Å². The van der Waals surface area contributed by atoms with Crippen LogP contribution in [-0.4, -0.2) is 39.3 Å². The predicted octanol–water partition coefficient (Wildman–Crippen LogP) is 2.54. The summed E-state index contributed by atoms with van der Waals surface area (Å²) in [4.78, 5) is 12.8. The number of carbonyl (C=O) groups excluding carboxylic acids is 1. The molecule has 0 aliphatic heterocycles. The van der Waals surface area contributed by atoms with E-state index in [9.17, 15) is 13.2 Å². The van der Waals surface area contributed by atoms with Crippen molar-refractivity contribution < 1.29 is 17.9 Å². The highest BCUT2D eigenvalue weighted by atomic mass is 32.2. The van der Waals surface area contributed by atoms with Gasteiger partial charge < -0.3 is 10.1 Å². The largest absolute Gasteiger partial charge is 0.494 e. The van der Waals surface area contributed by atoms with E-state index in [4.69, 9.17) is 4.74 Å². The fraction of sp³-hybridized carbons (Fsp3) is 0.632. The molecular formula is C19H28N2O4S. The van der Waals surface area contributed by atoms with Crippen molar-refractivity contribution in [3.05, 3.63) is 24.3 Å². The maximum Gasteiger partial charge on any atom is 0.243 e. The van der Waals surface area contributed by atoms with Gasteiger partial charge in [-0.2, -0.15) is 0 Å². The quantitative estimate of drug-likeness (QED) is 0.789. The van der Waals surface area contributed by atoms with Gasteiger partial charge in [-0.1, -0.05) is 6.42 Å². The molecule has 1 amide bonds. The number of hydrogen-bond donors (Lipinski definition) is 1. The number of nitrogens with one attached hydrogen (secondary N) is 1. The number of benzene rings is 1. The summed E-state index contributed by atoms with van der Waals surface area (Å²) in [5.74, 6) is 1.71. The normalized spacial score (nSPS) is 25.7. The average Bonchev–Trinajstić information content (AvgIpc) is 3.18. The Morgan fingerprint density at radius 3 is 2.46 bits per heavy atom. The van der Waals surface area contributed by atoms with Gasteiger partial charge in [0.2, 0.25) is 15.9 Å². The van der Waals surface area contributed by atoms with Crippen molar-refractivity contribution in [3.8, 4) is 5.75 Å². The summed E-state index contributed by atoms with van der Waals surface area (Å²) in [5, 5.41) is 3.09. The number of fused-ring (bicyclic) bond motifs is 2. The fourth-order valence-electron chi connectivity index (χ4n) is 4.39. The molecule has 2 aliphatic rings. The first-order valence-corrected chi connectivity index (χ1v) is 11.2. The molecule has 1 aromatic rings. The number of carbonyl (C=O) groups is 1. The van der Waals surface area contributed by atoms with Crippen molar-refractivity contribution in [1.29, 1.82) is 0 Å². The molecular weight excluding hydrogens is 352 g/mol. The van der Waals surface area contributed by atoms with E-state index >= 15 is 0 Å². The topological polar surface area (TPSA) is 75.7 Å². The van der Waals surface area contributed by atoms with Crippen LogP contribution in [0, 0.1) is 11.8 Å². The maximum atomic E-state index is 12.8. The third-order valence-electron chi connectivity index (χ3n) is 5.56. The van der Waals surface area contributed by atoms with Crippen LogP contribution in [0.15, 0.2) is 24.3 Å². The highest BCUT2D eigenvalue weighted by Gasteiger charge is 2.41. The van der Waals surface area contributed by atoms with E-state index in [1.807, 2.05) is 6.92 Å². The van der Waals surface area contributed by atoms with Crippen molar-refractivity contribution in [1.82, 2.24) is 5.32 Å². The average molecular weight is 381 g/mol. The summed E-state index contributed by atoms with van der Waals surface area (Å²) in [7, 11) is -3.60. The summed E-state index contributed by atoms with van der Waals surface area (Å²) in [6.45, 7) is 4.07. The van der Waals surface area contributed by atoms with Crippen LogP contribution < -0.4 is 14.4 Å². The number of ether oxygens (including phenoxy) is 1.